The summed E-state index contributed by atoms with van der Waals surface area (Å²) in [6.45, 7) is 8.76. The van der Waals surface area contributed by atoms with Gasteiger partial charge < -0.3 is 19.2 Å². The van der Waals surface area contributed by atoms with E-state index in [9.17, 15) is 19.8 Å². The van der Waals surface area contributed by atoms with E-state index in [0.717, 1.165) is 28.8 Å². The fourth-order valence-electron chi connectivity index (χ4n) is 6.22. The Hall–Kier alpha value is -3.48. The van der Waals surface area contributed by atoms with E-state index in [0.29, 0.717) is 0 Å². The van der Waals surface area contributed by atoms with E-state index in [1.807, 2.05) is 54.6 Å². The number of nitrogens with zero attached hydrogens (tertiary/aromatic N) is 2. The number of aliphatic carboxylic acids is 2. The maximum absolute atomic E-state index is 12.1. The van der Waals surface area contributed by atoms with E-state index in [4.69, 9.17) is 0 Å². The standard InChI is InChI=1S/C32H36N2O4/c1-33-15-18-34(19-16-33,20-17-33)23-26-9-13-28(14-10-26)27-11-7-25(8-12-27)22-30(32(37)38)29(31(35)36)21-24-5-3-2-4-6-24/h2-14,29-30H,15-23H2,1H3/p+2/t29-,30-,33?,34?/m0/s1. The molecule has 3 aliphatic heterocycles. The molecule has 6 rings (SSSR count). The maximum atomic E-state index is 12.1. The van der Waals surface area contributed by atoms with Gasteiger partial charge in [-0.3, -0.25) is 9.59 Å². The number of benzene rings is 3. The second kappa shape index (κ2) is 10.7. The summed E-state index contributed by atoms with van der Waals surface area (Å²) < 4.78 is 2.46. The van der Waals surface area contributed by atoms with Crippen molar-refractivity contribution in [2.75, 3.05) is 46.3 Å². The van der Waals surface area contributed by atoms with Gasteiger partial charge in [-0.2, -0.15) is 0 Å². The van der Waals surface area contributed by atoms with Gasteiger partial charge in [0, 0.05) is 5.56 Å². The average Bonchev–Trinajstić information content (AvgIpc) is 2.93. The molecule has 0 saturated carbocycles. The first kappa shape index (κ1) is 26.1. The highest BCUT2D eigenvalue weighted by atomic mass is 16.4. The normalized spacial score (nSPS) is 24.0. The zero-order chi connectivity index (χ0) is 26.8. The molecular formula is C32H38N2O4+2. The monoisotopic (exact) mass is 514 g/mol. The zero-order valence-electron chi connectivity index (χ0n) is 22.1. The molecule has 3 heterocycles. The molecule has 0 amide bonds. The van der Waals surface area contributed by atoms with Gasteiger partial charge in [0.2, 0.25) is 0 Å². The van der Waals surface area contributed by atoms with Crippen LogP contribution in [0.1, 0.15) is 16.7 Å². The Morgan fingerprint density at radius 3 is 1.50 bits per heavy atom. The van der Waals surface area contributed by atoms with Crippen molar-refractivity contribution in [3.63, 3.8) is 0 Å². The molecule has 2 atom stereocenters. The number of carbonyl (C=O) groups is 2. The van der Waals surface area contributed by atoms with Gasteiger partial charge >= 0.3 is 11.9 Å². The molecule has 198 valence electrons. The largest absolute Gasteiger partial charge is 0.481 e. The van der Waals surface area contributed by atoms with Gasteiger partial charge in [0.15, 0.2) is 0 Å². The highest BCUT2D eigenvalue weighted by Gasteiger charge is 2.46. The minimum atomic E-state index is -1.08. The lowest BCUT2D eigenvalue weighted by atomic mass is 9.82. The van der Waals surface area contributed by atoms with E-state index < -0.39 is 23.8 Å². The lowest BCUT2D eigenvalue weighted by Gasteiger charge is -2.54. The van der Waals surface area contributed by atoms with Crippen molar-refractivity contribution in [1.82, 2.24) is 0 Å². The fraction of sp³-hybridized carbons (Fsp3) is 0.375. The van der Waals surface area contributed by atoms with E-state index in [1.165, 1.54) is 53.8 Å². The van der Waals surface area contributed by atoms with E-state index >= 15 is 0 Å². The SMILES string of the molecule is C[N+]12CC[N+](Cc3ccc(-c4ccc(C[C@H](C(=O)O)[C@H](Cc5ccccc5)C(=O)O)cc4)cc3)(CC1)CC2. The van der Waals surface area contributed by atoms with Crippen LogP contribution >= 0.6 is 0 Å². The molecule has 3 aromatic rings. The van der Waals surface area contributed by atoms with Gasteiger partial charge in [-0.15, -0.1) is 0 Å². The number of quaternary nitrogens is 2. The number of hydrogen-bond donors (Lipinski definition) is 2. The smallest absolute Gasteiger partial charge is 0.307 e. The highest BCUT2D eigenvalue weighted by Crippen LogP contribution is 2.29. The van der Waals surface area contributed by atoms with Crippen LogP contribution in [0.5, 0.6) is 0 Å². The van der Waals surface area contributed by atoms with Crippen molar-refractivity contribution in [2.24, 2.45) is 11.8 Å². The Labute approximate surface area is 224 Å². The molecule has 3 aliphatic rings. The summed E-state index contributed by atoms with van der Waals surface area (Å²) in [6, 6.07) is 25.9. The molecule has 6 nitrogen and oxygen atoms in total. The minimum Gasteiger partial charge on any atom is -0.481 e. The van der Waals surface area contributed by atoms with Crippen LogP contribution in [-0.2, 0) is 29.0 Å². The fourth-order valence-corrected chi connectivity index (χ4v) is 6.22. The van der Waals surface area contributed by atoms with Crippen molar-refractivity contribution in [3.05, 3.63) is 95.6 Å². The Balaban J connectivity index is 1.25. The lowest BCUT2D eigenvalue weighted by Crippen LogP contribution is -2.73. The molecule has 3 aromatic carbocycles. The highest BCUT2D eigenvalue weighted by molar-refractivity contribution is 5.80. The zero-order valence-corrected chi connectivity index (χ0v) is 22.1. The first-order valence-electron chi connectivity index (χ1n) is 13.6. The number of hydrogen-bond acceptors (Lipinski definition) is 2. The van der Waals surface area contributed by atoms with Crippen molar-refractivity contribution >= 4 is 11.9 Å². The van der Waals surface area contributed by atoms with Crippen LogP contribution in [0.25, 0.3) is 11.1 Å². The number of likely N-dealkylation sites (N-methyl/N-ethyl adjacent to an activating group) is 1. The van der Waals surface area contributed by atoms with Crippen LogP contribution in [-0.4, -0.2) is 77.4 Å². The van der Waals surface area contributed by atoms with Crippen LogP contribution in [0.4, 0.5) is 0 Å². The summed E-state index contributed by atoms with van der Waals surface area (Å²) in [6.07, 6.45) is 0.367. The van der Waals surface area contributed by atoms with Crippen LogP contribution in [0.2, 0.25) is 0 Å². The molecule has 0 radical (unpaired) electrons. The van der Waals surface area contributed by atoms with Crippen molar-refractivity contribution < 1.29 is 28.8 Å². The van der Waals surface area contributed by atoms with Crippen molar-refractivity contribution in [2.45, 2.75) is 19.4 Å². The third-order valence-corrected chi connectivity index (χ3v) is 8.98. The average molecular weight is 515 g/mol. The molecule has 0 aliphatic carbocycles. The van der Waals surface area contributed by atoms with E-state index in [2.05, 4.69) is 31.3 Å². The summed E-state index contributed by atoms with van der Waals surface area (Å²) in [5.41, 5.74) is 5.23. The predicted molar refractivity (Wildman–Crippen MR) is 147 cm³/mol. The quantitative estimate of drug-likeness (QED) is 0.395. The summed E-state index contributed by atoms with van der Waals surface area (Å²) in [4.78, 5) is 24.1. The molecule has 3 saturated heterocycles. The Morgan fingerprint density at radius 2 is 1.05 bits per heavy atom. The van der Waals surface area contributed by atoms with Crippen molar-refractivity contribution in [1.29, 1.82) is 0 Å². The second-order valence-electron chi connectivity index (χ2n) is 11.6. The Kier molecular flexibility index (Phi) is 7.37. The van der Waals surface area contributed by atoms with Crippen LogP contribution in [0, 0.1) is 11.8 Å². The molecule has 38 heavy (non-hydrogen) atoms. The van der Waals surface area contributed by atoms with E-state index in [-0.39, 0.29) is 12.8 Å². The number of carboxylic acids is 2. The van der Waals surface area contributed by atoms with E-state index in [1.54, 1.807) is 0 Å². The van der Waals surface area contributed by atoms with Gasteiger partial charge in [0.25, 0.3) is 0 Å². The lowest BCUT2D eigenvalue weighted by molar-refractivity contribution is -1.08. The van der Waals surface area contributed by atoms with Crippen LogP contribution in [0.15, 0.2) is 78.9 Å². The molecule has 3 fully saturated rings. The topological polar surface area (TPSA) is 74.6 Å². The van der Waals surface area contributed by atoms with Gasteiger partial charge in [-0.05, 0) is 35.1 Å². The minimum absolute atomic E-state index is 0.177. The van der Waals surface area contributed by atoms with Gasteiger partial charge in [-0.1, -0.05) is 78.9 Å². The van der Waals surface area contributed by atoms with Crippen molar-refractivity contribution in [3.8, 4) is 11.1 Å². The van der Waals surface area contributed by atoms with Gasteiger partial charge in [0.1, 0.15) is 45.8 Å². The summed E-state index contributed by atoms with van der Waals surface area (Å²) in [5, 5.41) is 19.7. The first-order valence-corrected chi connectivity index (χ1v) is 13.6. The maximum Gasteiger partial charge on any atom is 0.307 e. The molecule has 2 N–H and O–H groups in total. The first-order chi connectivity index (χ1) is 18.2. The number of fused-ring (bicyclic) bond motifs is 3. The molecule has 2 bridgehead atoms. The Morgan fingerprint density at radius 1 is 0.632 bits per heavy atom. The number of rotatable bonds is 10. The van der Waals surface area contributed by atoms with Crippen LogP contribution in [0.3, 0.4) is 0 Å². The number of piperazine rings is 3. The molecule has 0 spiro atoms. The second-order valence-corrected chi connectivity index (χ2v) is 11.6. The molecule has 6 heteroatoms. The molecule has 0 unspecified atom stereocenters. The molecule has 0 aromatic heterocycles. The summed E-state index contributed by atoms with van der Waals surface area (Å²) in [7, 11) is 2.39. The van der Waals surface area contributed by atoms with Gasteiger partial charge in [-0.25, -0.2) is 0 Å². The van der Waals surface area contributed by atoms with Gasteiger partial charge in [0.05, 0.1) is 18.9 Å². The summed E-state index contributed by atoms with van der Waals surface area (Å²) in [5.74, 6) is -4.16. The van der Waals surface area contributed by atoms with Crippen LogP contribution < -0.4 is 0 Å². The summed E-state index contributed by atoms with van der Waals surface area (Å²) >= 11 is 0. The third-order valence-electron chi connectivity index (χ3n) is 8.98. The number of carboxylic acid groups (broad SMARTS) is 2. The Bertz CT molecular complexity index is 1250. The molecular weight excluding hydrogens is 476 g/mol. The third kappa shape index (κ3) is 5.82. The predicted octanol–water partition coefficient (Wildman–Crippen LogP) is 4.33.